The molecule has 5 rings (SSSR count). The summed E-state index contributed by atoms with van der Waals surface area (Å²) in [6.45, 7) is 1.94. The summed E-state index contributed by atoms with van der Waals surface area (Å²) in [5.41, 5.74) is 2.58. The highest BCUT2D eigenvalue weighted by molar-refractivity contribution is 7.81. The van der Waals surface area contributed by atoms with Gasteiger partial charge in [-0.25, -0.2) is 4.98 Å². The average Bonchev–Trinajstić information content (AvgIpc) is 3.16. The van der Waals surface area contributed by atoms with Gasteiger partial charge in [-0.2, -0.15) is 10.4 Å². The second-order valence-corrected chi connectivity index (χ2v) is 8.09. The van der Waals surface area contributed by atoms with E-state index in [0.717, 1.165) is 41.5 Å². The number of carbonyl (C=O) groups excluding carboxylic acids is 1. The van der Waals surface area contributed by atoms with E-state index in [1.54, 1.807) is 6.07 Å². The summed E-state index contributed by atoms with van der Waals surface area (Å²) in [5, 5.41) is 17.9. The van der Waals surface area contributed by atoms with Gasteiger partial charge in [0.15, 0.2) is 10.8 Å². The Morgan fingerprint density at radius 3 is 2.76 bits per heavy atom. The van der Waals surface area contributed by atoms with Gasteiger partial charge in [0.1, 0.15) is 11.6 Å². The highest BCUT2D eigenvalue weighted by Gasteiger charge is 2.59. The zero-order valence-electron chi connectivity index (χ0n) is 15.4. The van der Waals surface area contributed by atoms with Crippen molar-refractivity contribution in [1.29, 1.82) is 5.26 Å². The molecule has 29 heavy (non-hydrogen) atoms. The maximum atomic E-state index is 13.5. The standard InChI is InChI=1S/C20H15ClN6OS/c1-11-14-7-12(3-4-16(14)25-24-11)27-19(29)26(18(28)20(27)5-2-6-20)13-8-15(21)17(9-22)23-10-13/h3-4,7-8,10H,2,5-6H2,1H3,(H,24,25). The zero-order valence-corrected chi connectivity index (χ0v) is 17.0. The molecule has 3 heterocycles. The number of pyridine rings is 1. The van der Waals surface area contributed by atoms with Crippen molar-refractivity contribution in [2.45, 2.75) is 31.7 Å². The molecule has 1 spiro atoms. The lowest BCUT2D eigenvalue weighted by atomic mass is 9.75. The third kappa shape index (κ3) is 2.41. The fourth-order valence-corrected chi connectivity index (χ4v) is 4.78. The number of anilines is 2. The summed E-state index contributed by atoms with van der Waals surface area (Å²) in [6.07, 6.45) is 3.87. The van der Waals surface area contributed by atoms with E-state index >= 15 is 0 Å². The predicted molar refractivity (Wildman–Crippen MR) is 114 cm³/mol. The van der Waals surface area contributed by atoms with Gasteiger partial charge in [-0.3, -0.25) is 14.8 Å². The summed E-state index contributed by atoms with van der Waals surface area (Å²) in [5.74, 6) is -0.0830. The highest BCUT2D eigenvalue weighted by Crippen LogP contribution is 2.48. The minimum Gasteiger partial charge on any atom is -0.303 e. The van der Waals surface area contributed by atoms with Crippen LogP contribution in [0.25, 0.3) is 10.9 Å². The van der Waals surface area contributed by atoms with Crippen molar-refractivity contribution in [3.8, 4) is 6.07 Å². The molecule has 1 saturated heterocycles. The second kappa shape index (κ2) is 6.24. The van der Waals surface area contributed by atoms with Crippen LogP contribution in [0.15, 0.2) is 30.5 Å². The van der Waals surface area contributed by atoms with E-state index in [2.05, 4.69) is 15.2 Å². The normalized spacial score (nSPS) is 17.8. The summed E-state index contributed by atoms with van der Waals surface area (Å²) in [4.78, 5) is 21.0. The van der Waals surface area contributed by atoms with Crippen molar-refractivity contribution in [3.63, 3.8) is 0 Å². The van der Waals surface area contributed by atoms with Crippen LogP contribution >= 0.6 is 23.8 Å². The lowest BCUT2D eigenvalue weighted by Crippen LogP contribution is -2.55. The molecule has 3 aromatic rings. The molecule has 2 fully saturated rings. The van der Waals surface area contributed by atoms with E-state index < -0.39 is 5.54 Å². The predicted octanol–water partition coefficient (Wildman–Crippen LogP) is 3.85. The van der Waals surface area contributed by atoms with Crippen molar-refractivity contribution in [2.75, 3.05) is 9.80 Å². The maximum Gasteiger partial charge on any atom is 0.259 e. The minimum atomic E-state index is -0.692. The molecule has 2 aromatic heterocycles. The van der Waals surface area contributed by atoms with Gasteiger partial charge in [-0.15, -0.1) is 0 Å². The number of nitrogens with one attached hydrogen (secondary N) is 1. The van der Waals surface area contributed by atoms with Gasteiger partial charge < -0.3 is 4.90 Å². The first kappa shape index (κ1) is 18.0. The number of fused-ring (bicyclic) bond motifs is 1. The monoisotopic (exact) mass is 422 g/mol. The number of amides is 1. The number of nitrogens with zero attached hydrogens (tertiary/aromatic N) is 5. The van der Waals surface area contributed by atoms with Crippen molar-refractivity contribution >= 4 is 57.1 Å². The van der Waals surface area contributed by atoms with Gasteiger partial charge >= 0.3 is 0 Å². The molecular weight excluding hydrogens is 408 g/mol. The number of rotatable bonds is 2. The topological polar surface area (TPSA) is 88.9 Å². The van der Waals surface area contributed by atoms with Crippen molar-refractivity contribution in [2.24, 2.45) is 0 Å². The first-order valence-electron chi connectivity index (χ1n) is 9.15. The van der Waals surface area contributed by atoms with Gasteiger partial charge in [0.2, 0.25) is 0 Å². The van der Waals surface area contributed by atoms with Crippen LogP contribution in [0.4, 0.5) is 11.4 Å². The lowest BCUT2D eigenvalue weighted by Gasteiger charge is -2.43. The Bertz CT molecular complexity index is 1240. The summed E-state index contributed by atoms with van der Waals surface area (Å²) < 4.78 is 0. The van der Waals surface area contributed by atoms with Crippen LogP contribution in [0.5, 0.6) is 0 Å². The molecule has 1 aromatic carbocycles. The number of benzene rings is 1. The van der Waals surface area contributed by atoms with Crippen LogP contribution in [-0.2, 0) is 4.79 Å². The average molecular weight is 423 g/mol. The molecule has 1 N–H and O–H groups in total. The number of thiocarbonyl (C=S) groups is 1. The molecule has 0 atom stereocenters. The smallest absolute Gasteiger partial charge is 0.259 e. The Labute approximate surface area is 176 Å². The van der Waals surface area contributed by atoms with E-state index in [9.17, 15) is 4.79 Å². The van der Waals surface area contributed by atoms with Crippen molar-refractivity contribution < 1.29 is 4.79 Å². The zero-order chi connectivity index (χ0) is 20.3. The van der Waals surface area contributed by atoms with Crippen molar-refractivity contribution in [3.05, 3.63) is 46.9 Å². The first-order valence-corrected chi connectivity index (χ1v) is 9.94. The minimum absolute atomic E-state index is 0.0830. The molecule has 1 aliphatic heterocycles. The fourth-order valence-electron chi connectivity index (χ4n) is 4.11. The van der Waals surface area contributed by atoms with Gasteiger partial charge in [0, 0.05) is 11.1 Å². The van der Waals surface area contributed by atoms with Gasteiger partial charge in [-0.05, 0) is 62.7 Å². The number of aromatic nitrogens is 3. The van der Waals surface area contributed by atoms with E-state index in [-0.39, 0.29) is 16.6 Å². The second-order valence-electron chi connectivity index (χ2n) is 7.32. The van der Waals surface area contributed by atoms with Crippen LogP contribution in [0.2, 0.25) is 5.02 Å². The summed E-state index contributed by atoms with van der Waals surface area (Å²) >= 11 is 11.9. The maximum absolute atomic E-state index is 13.5. The lowest BCUT2D eigenvalue weighted by molar-refractivity contribution is -0.123. The molecule has 7 nitrogen and oxygen atoms in total. The Kier molecular flexibility index (Phi) is 3.88. The van der Waals surface area contributed by atoms with Crippen LogP contribution in [-0.4, -0.2) is 31.7 Å². The molecule has 0 bridgehead atoms. The van der Waals surface area contributed by atoms with Gasteiger partial charge in [-0.1, -0.05) is 11.6 Å². The molecule has 144 valence electrons. The Hall–Kier alpha value is -3.02. The third-order valence-corrected chi connectivity index (χ3v) is 6.43. The third-order valence-electron chi connectivity index (χ3n) is 5.78. The van der Waals surface area contributed by atoms with E-state index in [4.69, 9.17) is 29.1 Å². The fraction of sp³-hybridized carbons (Fsp3) is 0.250. The molecule has 0 unspecified atom stereocenters. The first-order chi connectivity index (χ1) is 14.0. The van der Waals surface area contributed by atoms with E-state index in [1.165, 1.54) is 11.1 Å². The van der Waals surface area contributed by atoms with Crippen molar-refractivity contribution in [1.82, 2.24) is 15.2 Å². The molecule has 9 heteroatoms. The number of hydrogen-bond donors (Lipinski definition) is 1. The SMILES string of the molecule is Cc1n[nH]c2ccc(N3C(=S)N(c4cnc(C#N)c(Cl)c4)C(=O)C34CCC4)cc12. The molecule has 1 aliphatic carbocycles. The van der Waals surface area contributed by atoms with Crippen LogP contribution in [0, 0.1) is 18.3 Å². The quantitative estimate of drug-likeness (QED) is 0.631. The number of H-pyrrole nitrogens is 1. The summed E-state index contributed by atoms with van der Waals surface area (Å²) in [7, 11) is 0. The van der Waals surface area contributed by atoms with E-state index in [0.29, 0.717) is 10.8 Å². The Balaban J connectivity index is 1.63. The van der Waals surface area contributed by atoms with Gasteiger partial charge in [0.25, 0.3) is 5.91 Å². The molecule has 2 aliphatic rings. The summed E-state index contributed by atoms with van der Waals surface area (Å²) in [6, 6.07) is 9.41. The number of aromatic amines is 1. The van der Waals surface area contributed by atoms with E-state index in [1.807, 2.05) is 36.1 Å². The molecule has 0 radical (unpaired) electrons. The van der Waals surface area contributed by atoms with Gasteiger partial charge in [0.05, 0.1) is 28.1 Å². The van der Waals surface area contributed by atoms with Crippen LogP contribution in [0.1, 0.15) is 30.7 Å². The number of nitriles is 1. The number of carbonyl (C=O) groups is 1. The van der Waals surface area contributed by atoms with Crippen LogP contribution < -0.4 is 9.80 Å². The largest absolute Gasteiger partial charge is 0.303 e. The Morgan fingerprint density at radius 1 is 1.31 bits per heavy atom. The number of hydrogen-bond acceptors (Lipinski definition) is 5. The molecule has 1 saturated carbocycles. The Morgan fingerprint density at radius 2 is 2.10 bits per heavy atom. The molecule has 1 amide bonds. The number of aryl methyl sites for hydroxylation is 1. The molecular formula is C20H15ClN6OS. The van der Waals surface area contributed by atoms with Crippen LogP contribution in [0.3, 0.4) is 0 Å². The number of halogens is 1. The highest BCUT2D eigenvalue weighted by atomic mass is 35.5.